The summed E-state index contributed by atoms with van der Waals surface area (Å²) in [7, 11) is 2.52. The van der Waals surface area contributed by atoms with Crippen LogP contribution in [0.5, 0.6) is 0 Å². The summed E-state index contributed by atoms with van der Waals surface area (Å²) >= 11 is 1.40. The Morgan fingerprint density at radius 2 is 1.61 bits per heavy atom. The van der Waals surface area contributed by atoms with E-state index in [2.05, 4.69) is 4.74 Å². The fourth-order valence-corrected chi connectivity index (χ4v) is 2.75. The van der Waals surface area contributed by atoms with Crippen LogP contribution in [0, 0.1) is 0 Å². The van der Waals surface area contributed by atoms with Gasteiger partial charge in [-0.1, -0.05) is 23.9 Å². The van der Waals surface area contributed by atoms with Crippen LogP contribution in [0.15, 0.2) is 52.3 Å². The van der Waals surface area contributed by atoms with Crippen LogP contribution in [0.25, 0.3) is 0 Å². The Morgan fingerprint density at radius 1 is 1.00 bits per heavy atom. The Hall–Kier alpha value is -1.47. The topological polar surface area (TPSA) is 78.6 Å². The molecule has 2 aromatic carbocycles. The van der Waals surface area contributed by atoms with E-state index < -0.39 is 11.9 Å². The van der Waals surface area contributed by atoms with E-state index in [0.29, 0.717) is 5.69 Å². The maximum Gasteiger partial charge on any atom is 1.00 e. The molecule has 23 heavy (non-hydrogen) atoms. The van der Waals surface area contributed by atoms with Gasteiger partial charge in [0.05, 0.1) is 25.3 Å². The molecule has 0 saturated heterocycles. The number of para-hydroxylation sites is 1. The maximum absolute atomic E-state index is 11.9. The quantitative estimate of drug-likeness (QED) is 0.483. The van der Waals surface area contributed by atoms with Crippen molar-refractivity contribution in [2.24, 2.45) is 0 Å². The van der Waals surface area contributed by atoms with Crippen LogP contribution in [0.4, 0.5) is 5.69 Å². The van der Waals surface area contributed by atoms with E-state index in [4.69, 9.17) is 10.5 Å². The first-order valence-electron chi connectivity index (χ1n) is 6.40. The summed E-state index contributed by atoms with van der Waals surface area (Å²) in [5, 5.41) is 0. The summed E-state index contributed by atoms with van der Waals surface area (Å²) in [5.74, 6) is -1.18. The molecule has 0 aromatic heterocycles. The zero-order chi connectivity index (χ0) is 16.1. The molecule has 0 spiro atoms. The average Bonchev–Trinajstić information content (AvgIpc) is 2.55. The molecule has 2 N–H and O–H groups in total. The number of anilines is 1. The first-order valence-corrected chi connectivity index (χ1v) is 7.21. The third-order valence-corrected chi connectivity index (χ3v) is 4.03. The van der Waals surface area contributed by atoms with Crippen molar-refractivity contribution in [3.05, 3.63) is 53.6 Å². The van der Waals surface area contributed by atoms with E-state index >= 15 is 0 Å². The van der Waals surface area contributed by atoms with Crippen LogP contribution in [-0.2, 0) is 9.47 Å². The normalized spacial score (nSPS) is 9.65. The van der Waals surface area contributed by atoms with Gasteiger partial charge in [0.2, 0.25) is 0 Å². The Balaban J connectivity index is 0.00000264. The molecule has 0 fully saturated rings. The fourth-order valence-electron chi connectivity index (χ4n) is 1.85. The molecule has 0 bridgehead atoms. The molecule has 5 nitrogen and oxygen atoms in total. The minimum absolute atomic E-state index is 0. The molecule has 7 heteroatoms. The standard InChI is InChI=1S/C16H15NO4S.Na.H/c1-20-15(18)11-8-7-10(9-12(11)16(19)21-2)22-14-6-4-3-5-13(14)17;;/h3-9H,17H2,1-2H3;;/q;+1;-1. The van der Waals surface area contributed by atoms with E-state index in [9.17, 15) is 9.59 Å². The van der Waals surface area contributed by atoms with E-state index in [0.717, 1.165) is 9.79 Å². The summed E-state index contributed by atoms with van der Waals surface area (Å²) in [6, 6.07) is 12.3. The van der Waals surface area contributed by atoms with Crippen LogP contribution in [0.3, 0.4) is 0 Å². The molecule has 0 radical (unpaired) electrons. The van der Waals surface area contributed by atoms with E-state index in [1.807, 2.05) is 18.2 Å². The number of carbonyl (C=O) groups is 2. The van der Waals surface area contributed by atoms with E-state index in [1.54, 1.807) is 24.3 Å². The van der Waals surface area contributed by atoms with Crippen molar-refractivity contribution in [3.8, 4) is 0 Å². The van der Waals surface area contributed by atoms with Gasteiger partial charge in [-0.15, -0.1) is 0 Å². The zero-order valence-corrected chi connectivity index (χ0v) is 16.0. The van der Waals surface area contributed by atoms with Gasteiger partial charge in [0.25, 0.3) is 0 Å². The minimum atomic E-state index is -0.594. The second kappa shape index (κ2) is 8.98. The van der Waals surface area contributed by atoms with Gasteiger partial charge < -0.3 is 16.6 Å². The second-order valence-electron chi connectivity index (χ2n) is 4.33. The van der Waals surface area contributed by atoms with Crippen molar-refractivity contribution in [1.82, 2.24) is 0 Å². The SMILES string of the molecule is COC(=O)c1ccc(Sc2ccccc2N)cc1C(=O)OC.[H-].[Na+]. The van der Waals surface area contributed by atoms with Gasteiger partial charge in [-0.25, -0.2) is 9.59 Å². The molecular weight excluding hydrogens is 325 g/mol. The third-order valence-electron chi connectivity index (χ3n) is 2.95. The Labute approximate surface area is 162 Å². The van der Waals surface area contributed by atoms with Gasteiger partial charge in [0.1, 0.15) is 0 Å². The molecule has 0 atom stereocenters. The number of benzene rings is 2. The van der Waals surface area contributed by atoms with Crippen LogP contribution in [-0.4, -0.2) is 26.2 Å². The van der Waals surface area contributed by atoms with Crippen molar-refractivity contribution in [1.29, 1.82) is 0 Å². The molecule has 2 aromatic rings. The molecule has 0 aliphatic rings. The van der Waals surface area contributed by atoms with Gasteiger partial charge in [0, 0.05) is 15.5 Å². The summed E-state index contributed by atoms with van der Waals surface area (Å²) in [6.07, 6.45) is 0. The molecule has 0 unspecified atom stereocenters. The van der Waals surface area contributed by atoms with Crippen molar-refractivity contribution in [2.45, 2.75) is 9.79 Å². The number of hydrogen-bond donors (Lipinski definition) is 1. The van der Waals surface area contributed by atoms with Crippen molar-refractivity contribution < 1.29 is 50.0 Å². The van der Waals surface area contributed by atoms with Gasteiger partial charge in [0.15, 0.2) is 0 Å². The Morgan fingerprint density at radius 3 is 2.22 bits per heavy atom. The first kappa shape index (κ1) is 19.6. The smallest absolute Gasteiger partial charge is 1.00 e. The summed E-state index contributed by atoms with van der Waals surface area (Å²) in [4.78, 5) is 25.2. The Kier molecular flexibility index (Phi) is 7.64. The molecular formula is C16H16NNaO4S. The molecule has 0 saturated carbocycles. The van der Waals surface area contributed by atoms with Gasteiger partial charge in [-0.3, -0.25) is 0 Å². The molecule has 2 rings (SSSR count). The van der Waals surface area contributed by atoms with Gasteiger partial charge >= 0.3 is 41.5 Å². The van der Waals surface area contributed by atoms with Crippen LogP contribution >= 0.6 is 11.8 Å². The van der Waals surface area contributed by atoms with Crippen LogP contribution < -0.4 is 35.3 Å². The molecule has 0 aliphatic heterocycles. The second-order valence-corrected chi connectivity index (χ2v) is 5.45. The molecule has 116 valence electrons. The van der Waals surface area contributed by atoms with Crippen molar-refractivity contribution in [2.75, 3.05) is 20.0 Å². The number of nitrogen functional groups attached to an aromatic ring is 1. The van der Waals surface area contributed by atoms with Gasteiger partial charge in [-0.05, 0) is 30.3 Å². The number of esters is 2. The summed E-state index contributed by atoms with van der Waals surface area (Å²) in [5.41, 5.74) is 6.88. The van der Waals surface area contributed by atoms with Crippen molar-refractivity contribution >= 4 is 29.4 Å². The van der Waals surface area contributed by atoms with Crippen LogP contribution in [0.2, 0.25) is 0 Å². The minimum Gasteiger partial charge on any atom is -1.00 e. The first-order chi connectivity index (χ1) is 10.6. The maximum atomic E-state index is 11.9. The largest absolute Gasteiger partial charge is 1.00 e. The number of ether oxygens (including phenoxy) is 2. The summed E-state index contributed by atoms with van der Waals surface area (Å²) < 4.78 is 9.40. The van der Waals surface area contributed by atoms with Crippen molar-refractivity contribution in [3.63, 3.8) is 0 Å². The third kappa shape index (κ3) is 4.75. The predicted octanol–water partition coefficient (Wildman–Crippen LogP) is 0.110. The number of carbonyl (C=O) groups excluding carboxylic acids is 2. The summed E-state index contributed by atoms with van der Waals surface area (Å²) in [6.45, 7) is 0. The predicted molar refractivity (Wildman–Crippen MR) is 85.2 cm³/mol. The van der Waals surface area contributed by atoms with E-state index in [-0.39, 0.29) is 42.1 Å². The average molecular weight is 341 g/mol. The Bertz CT molecular complexity index is 727. The molecule has 0 heterocycles. The number of hydrogen-bond acceptors (Lipinski definition) is 6. The number of methoxy groups -OCH3 is 2. The molecule has 0 amide bonds. The number of rotatable bonds is 4. The number of nitrogens with two attached hydrogens (primary N) is 1. The molecule has 0 aliphatic carbocycles. The van der Waals surface area contributed by atoms with Crippen LogP contribution in [0.1, 0.15) is 22.1 Å². The van der Waals surface area contributed by atoms with Gasteiger partial charge in [-0.2, -0.15) is 0 Å². The fraction of sp³-hybridized carbons (Fsp3) is 0.125. The monoisotopic (exact) mass is 341 g/mol. The zero-order valence-electron chi connectivity index (χ0n) is 14.2. The van der Waals surface area contributed by atoms with E-state index in [1.165, 1.54) is 26.0 Å².